The molecule has 2 heteroatoms. The summed E-state index contributed by atoms with van der Waals surface area (Å²) >= 11 is 2.55. The molecule has 0 aliphatic rings. The van der Waals surface area contributed by atoms with E-state index in [0.29, 0.717) is 0 Å². The Kier molecular flexibility index (Phi) is 3.34. The van der Waals surface area contributed by atoms with E-state index in [1.807, 2.05) is 0 Å². The Morgan fingerprint density at radius 2 is 2.25 bits per heavy atom. The molecule has 0 aromatic heterocycles. The van der Waals surface area contributed by atoms with Crippen molar-refractivity contribution >= 4 is 20.7 Å². The van der Waals surface area contributed by atoms with Crippen LogP contribution in [-0.4, -0.2) is 27.8 Å². The Balaban J connectivity index is 2.30. The molecule has 4 heavy (non-hydrogen) atoms. The summed E-state index contributed by atoms with van der Waals surface area (Å²) in [6.07, 6.45) is 0. The van der Waals surface area contributed by atoms with E-state index >= 15 is 0 Å². The third-order valence-electron chi connectivity index (χ3n) is 0.0962. The van der Waals surface area contributed by atoms with Gasteiger partial charge in [-0.1, -0.05) is 0 Å². The van der Waals surface area contributed by atoms with Crippen molar-refractivity contribution < 1.29 is 4.74 Å². The van der Waals surface area contributed by atoms with Crippen LogP contribution in [0.4, 0.5) is 0 Å². The number of hydrogen-bond acceptors (Lipinski definition) is 1. The van der Waals surface area contributed by atoms with Crippen molar-refractivity contribution in [3.63, 3.8) is 0 Å². The van der Waals surface area contributed by atoms with E-state index in [9.17, 15) is 0 Å². The Morgan fingerprint density at radius 3 is 2.25 bits per heavy atom. The molecule has 0 rings (SSSR count). The van der Waals surface area contributed by atoms with Gasteiger partial charge in [-0.05, 0) is 0 Å². The second kappa shape index (κ2) is 3.19. The molecule has 0 bridgehead atoms. The molecule has 1 nitrogen and oxygen atoms in total. The van der Waals surface area contributed by atoms with E-state index in [1.54, 1.807) is 7.11 Å². The van der Waals surface area contributed by atoms with Crippen LogP contribution < -0.4 is 0 Å². The molecule has 0 heterocycles. The van der Waals surface area contributed by atoms with Crippen molar-refractivity contribution in [1.82, 2.24) is 0 Å². The molecule has 0 fully saturated rings. The molecule has 0 amide bonds. The predicted octanol–water partition coefficient (Wildman–Crippen LogP) is -0.439. The van der Waals surface area contributed by atoms with Crippen LogP contribution >= 0.6 is 0 Å². The fraction of sp³-hybridized carbons (Fsp3) is 0.500. The minimum absolute atomic E-state index is 1.50. The van der Waals surface area contributed by atoms with E-state index in [2.05, 4.69) is 20.3 Å². The van der Waals surface area contributed by atoms with Crippen LogP contribution in [-0.2, 0) is 4.74 Å². The molecular weight excluding hydrogens is 119 g/mol. The van der Waals surface area contributed by atoms with Crippen LogP contribution in [0.2, 0.25) is 0 Å². The summed E-state index contributed by atoms with van der Waals surface area (Å²) in [5, 5.41) is 1.50. The van der Waals surface area contributed by atoms with Gasteiger partial charge < -0.3 is 0 Å². The molecule has 0 aliphatic carbocycles. The minimum atomic E-state index is 1.50. The Hall–Kier alpha value is 0.189. The summed E-state index contributed by atoms with van der Waals surface area (Å²) in [6.45, 7) is 0. The zero-order valence-electron chi connectivity index (χ0n) is 2.39. The van der Waals surface area contributed by atoms with Gasteiger partial charge in [0.2, 0.25) is 0 Å². The molecule has 0 spiro atoms. The summed E-state index contributed by atoms with van der Waals surface area (Å²) < 4.78 is 4.36. The van der Waals surface area contributed by atoms with Crippen molar-refractivity contribution in [1.29, 1.82) is 0 Å². The third kappa shape index (κ3) is 2.19. The summed E-state index contributed by atoms with van der Waals surface area (Å²) in [4.78, 5) is 0. The van der Waals surface area contributed by atoms with Gasteiger partial charge in [0.25, 0.3) is 0 Å². The summed E-state index contributed by atoms with van der Waals surface area (Å²) in [6, 6.07) is 0. The summed E-state index contributed by atoms with van der Waals surface area (Å²) in [5.74, 6) is 0. The molecule has 0 unspecified atom stereocenters. The molecule has 0 atom stereocenters. The van der Waals surface area contributed by atoms with Crippen molar-refractivity contribution in [3.8, 4) is 0 Å². The van der Waals surface area contributed by atoms with Gasteiger partial charge in [0.05, 0.1) is 0 Å². The van der Waals surface area contributed by atoms with Crippen LogP contribution in [0.1, 0.15) is 0 Å². The van der Waals surface area contributed by atoms with Gasteiger partial charge in [-0.25, -0.2) is 0 Å². The average molecular weight is 123 g/mol. The van der Waals surface area contributed by atoms with Crippen LogP contribution in [0, 0.1) is 0 Å². The second-order valence-corrected chi connectivity index (χ2v) is 0.736. The van der Waals surface area contributed by atoms with Crippen LogP contribution in [0.25, 0.3) is 0 Å². The van der Waals surface area contributed by atoms with Crippen LogP contribution in [0.5, 0.6) is 0 Å². The van der Waals surface area contributed by atoms with Crippen LogP contribution in [0.15, 0.2) is 0 Å². The molecular formula is C2H4OSe. The molecule has 0 aliphatic heterocycles. The van der Waals surface area contributed by atoms with Crippen LogP contribution in [0.3, 0.4) is 0 Å². The van der Waals surface area contributed by atoms with E-state index in [4.69, 9.17) is 0 Å². The van der Waals surface area contributed by atoms with Crippen molar-refractivity contribution in [2.24, 2.45) is 0 Å². The van der Waals surface area contributed by atoms with Gasteiger partial charge in [-0.15, -0.1) is 0 Å². The molecule has 0 radical (unpaired) electrons. The Labute approximate surface area is 33.3 Å². The van der Waals surface area contributed by atoms with Crippen molar-refractivity contribution in [2.75, 3.05) is 7.11 Å². The first-order valence-corrected chi connectivity index (χ1v) is 1.87. The fourth-order valence-electron chi connectivity index (χ4n) is 0. The Morgan fingerprint density at radius 1 is 2.00 bits per heavy atom. The molecule has 0 saturated heterocycles. The Bertz CT molecular complexity index is 20.0. The average Bonchev–Trinajstić information content (AvgIpc) is 1.37. The monoisotopic (exact) mass is 124 g/mol. The first-order chi connectivity index (χ1) is 1.91. The quantitative estimate of drug-likeness (QED) is 0.429. The number of methoxy groups -OCH3 is 1. The number of hydrogen-bond donors (Lipinski definition) is 0. The molecule has 0 aromatic carbocycles. The first kappa shape index (κ1) is 4.19. The predicted molar refractivity (Wildman–Crippen MR) is 18.8 cm³/mol. The SMILES string of the molecule is COC=[Se]. The van der Waals surface area contributed by atoms with Crippen molar-refractivity contribution in [2.45, 2.75) is 0 Å². The zero-order chi connectivity index (χ0) is 3.41. The third-order valence-corrected chi connectivity index (χ3v) is 0.500. The fourth-order valence-corrected chi connectivity index (χ4v) is 0. The van der Waals surface area contributed by atoms with Gasteiger partial charge in [0, 0.05) is 0 Å². The topological polar surface area (TPSA) is 9.23 Å². The molecule has 0 aromatic rings. The standard InChI is InChI=1S/C2H4OSe/c1-3-2-4/h2H,1H3. The summed E-state index contributed by atoms with van der Waals surface area (Å²) in [5.41, 5.74) is 0. The normalized spacial score (nSPS) is 5.25. The van der Waals surface area contributed by atoms with E-state index in [0.717, 1.165) is 0 Å². The number of rotatable bonds is 1. The van der Waals surface area contributed by atoms with Gasteiger partial charge in [-0.3, -0.25) is 0 Å². The van der Waals surface area contributed by atoms with E-state index in [1.165, 1.54) is 5.11 Å². The van der Waals surface area contributed by atoms with Gasteiger partial charge in [-0.2, -0.15) is 0 Å². The molecule has 24 valence electrons. The van der Waals surface area contributed by atoms with Crippen molar-refractivity contribution in [3.05, 3.63) is 0 Å². The second-order valence-electron chi connectivity index (χ2n) is 0.332. The van der Waals surface area contributed by atoms with Gasteiger partial charge in [0.1, 0.15) is 0 Å². The maximum absolute atomic E-state index is 4.36. The number of ether oxygens (including phenoxy) is 1. The first-order valence-electron chi connectivity index (χ1n) is 0.880. The van der Waals surface area contributed by atoms with Gasteiger partial charge in [0.15, 0.2) is 0 Å². The van der Waals surface area contributed by atoms with Gasteiger partial charge >= 0.3 is 32.5 Å². The maximum atomic E-state index is 4.36. The van der Waals surface area contributed by atoms with E-state index < -0.39 is 0 Å². The van der Waals surface area contributed by atoms with E-state index in [-0.39, 0.29) is 0 Å². The molecule has 0 saturated carbocycles. The molecule has 0 N–H and O–H groups in total. The summed E-state index contributed by atoms with van der Waals surface area (Å²) in [7, 11) is 1.59. The zero-order valence-corrected chi connectivity index (χ0v) is 4.11.